The fraction of sp³-hybridized carbons (Fsp3) is 0.444. The fourth-order valence-electron chi connectivity index (χ4n) is 1.06. The van der Waals surface area contributed by atoms with Crippen molar-refractivity contribution in [2.45, 2.75) is 13.3 Å². The molecule has 14 heavy (non-hydrogen) atoms. The van der Waals surface area contributed by atoms with Crippen LogP contribution in [-0.2, 0) is 0 Å². The molecule has 1 aromatic rings. The number of nitrogens with zero attached hydrogens (tertiary/aromatic N) is 2. The van der Waals surface area contributed by atoms with Crippen molar-refractivity contribution in [1.29, 1.82) is 0 Å². The Balaban J connectivity index is 2.80. The zero-order valence-electron chi connectivity index (χ0n) is 8.17. The molecule has 3 nitrogen and oxygen atoms in total. The summed E-state index contributed by atoms with van der Waals surface area (Å²) in [5.74, 6) is 0.511. The third kappa shape index (κ3) is 2.55. The molecule has 0 atom stereocenters. The van der Waals surface area contributed by atoms with Gasteiger partial charge in [0.05, 0.1) is 18.4 Å². The van der Waals surface area contributed by atoms with Gasteiger partial charge in [-0.3, -0.25) is 0 Å². The number of rotatable bonds is 3. The van der Waals surface area contributed by atoms with E-state index in [2.05, 4.69) is 4.98 Å². The molecule has 1 heterocycles. The molecule has 0 bridgehead atoms. The summed E-state index contributed by atoms with van der Waals surface area (Å²) < 4.78 is 24.1. The lowest BCUT2D eigenvalue weighted by molar-refractivity contribution is 0.156. The van der Waals surface area contributed by atoms with Crippen molar-refractivity contribution in [3.8, 4) is 0 Å². The van der Waals surface area contributed by atoms with Gasteiger partial charge >= 0.3 is 0 Å². The molecule has 78 valence electrons. The van der Waals surface area contributed by atoms with Crippen LogP contribution in [0.15, 0.2) is 12.3 Å². The summed E-state index contributed by atoms with van der Waals surface area (Å²) in [6.07, 6.45) is -0.883. The summed E-state index contributed by atoms with van der Waals surface area (Å²) in [4.78, 5) is 5.36. The maximum atomic E-state index is 12.1. The zero-order valence-corrected chi connectivity index (χ0v) is 8.17. The van der Waals surface area contributed by atoms with Crippen LogP contribution >= 0.6 is 0 Å². The first kappa shape index (κ1) is 10.7. The van der Waals surface area contributed by atoms with Gasteiger partial charge in [0.2, 0.25) is 0 Å². The van der Waals surface area contributed by atoms with Crippen LogP contribution in [0.4, 0.5) is 20.3 Å². The van der Waals surface area contributed by atoms with Crippen LogP contribution in [0.25, 0.3) is 0 Å². The number of aromatic nitrogens is 1. The molecule has 0 amide bonds. The smallest absolute Gasteiger partial charge is 0.255 e. The van der Waals surface area contributed by atoms with E-state index < -0.39 is 6.43 Å². The summed E-state index contributed by atoms with van der Waals surface area (Å²) in [7, 11) is 1.57. The third-order valence-electron chi connectivity index (χ3n) is 1.94. The Labute approximate surface area is 81.5 Å². The first-order chi connectivity index (χ1) is 6.50. The normalized spacial score (nSPS) is 10.6. The Morgan fingerprint density at radius 2 is 2.21 bits per heavy atom. The van der Waals surface area contributed by atoms with Crippen molar-refractivity contribution in [3.05, 3.63) is 17.8 Å². The fourth-order valence-corrected chi connectivity index (χ4v) is 1.06. The van der Waals surface area contributed by atoms with Gasteiger partial charge in [-0.15, -0.1) is 0 Å². The molecular weight excluding hydrogens is 188 g/mol. The Kier molecular flexibility index (Phi) is 3.22. The second-order valence-corrected chi connectivity index (χ2v) is 3.17. The van der Waals surface area contributed by atoms with Crippen molar-refractivity contribution >= 4 is 11.5 Å². The highest BCUT2D eigenvalue weighted by Crippen LogP contribution is 2.16. The molecule has 5 heteroatoms. The second-order valence-electron chi connectivity index (χ2n) is 3.17. The lowest BCUT2D eigenvalue weighted by Gasteiger charge is -2.18. The van der Waals surface area contributed by atoms with E-state index in [-0.39, 0.29) is 6.54 Å². The molecule has 0 fully saturated rings. The number of anilines is 2. The van der Waals surface area contributed by atoms with Gasteiger partial charge in [-0.25, -0.2) is 13.8 Å². The minimum absolute atomic E-state index is 0.323. The van der Waals surface area contributed by atoms with Crippen LogP contribution in [-0.4, -0.2) is 25.0 Å². The molecule has 0 aliphatic carbocycles. The molecule has 0 aliphatic rings. The summed E-state index contributed by atoms with van der Waals surface area (Å²) >= 11 is 0. The van der Waals surface area contributed by atoms with E-state index in [1.54, 1.807) is 13.1 Å². The van der Waals surface area contributed by atoms with Crippen LogP contribution in [0, 0.1) is 6.92 Å². The van der Waals surface area contributed by atoms with Gasteiger partial charge in [-0.05, 0) is 18.6 Å². The highest BCUT2D eigenvalue weighted by Gasteiger charge is 2.09. The highest BCUT2D eigenvalue weighted by atomic mass is 19.3. The van der Waals surface area contributed by atoms with Gasteiger partial charge in [0.25, 0.3) is 6.43 Å². The average molecular weight is 201 g/mol. The summed E-state index contributed by atoms with van der Waals surface area (Å²) in [6.45, 7) is 1.49. The molecule has 0 radical (unpaired) electrons. The number of alkyl halides is 2. The van der Waals surface area contributed by atoms with E-state index in [0.717, 1.165) is 5.56 Å². The van der Waals surface area contributed by atoms with Crippen LogP contribution in [0.5, 0.6) is 0 Å². The Morgan fingerprint density at radius 1 is 1.57 bits per heavy atom. The van der Waals surface area contributed by atoms with Gasteiger partial charge in [-0.1, -0.05) is 0 Å². The monoisotopic (exact) mass is 201 g/mol. The van der Waals surface area contributed by atoms with Crippen molar-refractivity contribution < 1.29 is 8.78 Å². The van der Waals surface area contributed by atoms with Crippen molar-refractivity contribution in [2.75, 3.05) is 24.2 Å². The van der Waals surface area contributed by atoms with Crippen molar-refractivity contribution in [1.82, 2.24) is 4.98 Å². The summed E-state index contributed by atoms with van der Waals surface area (Å²) in [5, 5.41) is 0. The van der Waals surface area contributed by atoms with Crippen molar-refractivity contribution in [3.63, 3.8) is 0 Å². The number of hydrogen-bond acceptors (Lipinski definition) is 3. The molecule has 1 rings (SSSR count). The number of pyridine rings is 1. The Hall–Kier alpha value is -1.39. The number of halogens is 2. The number of nitrogens with two attached hydrogens (primary N) is 1. The highest BCUT2D eigenvalue weighted by molar-refractivity contribution is 5.51. The topological polar surface area (TPSA) is 42.2 Å². The second kappa shape index (κ2) is 4.21. The average Bonchev–Trinajstić information content (AvgIpc) is 2.08. The molecular formula is C9H13F2N3. The Bertz CT molecular complexity index is 315. The molecule has 0 aliphatic heterocycles. The standard InChI is InChI=1S/C9H13F2N3/c1-6-3-9(13-4-7(6)12)14(2)5-8(10)11/h3-4,8H,5,12H2,1-2H3. The number of hydrogen-bond donors (Lipinski definition) is 1. The van der Waals surface area contributed by atoms with Crippen LogP contribution in [0.3, 0.4) is 0 Å². The van der Waals surface area contributed by atoms with E-state index in [4.69, 9.17) is 5.73 Å². The third-order valence-corrected chi connectivity index (χ3v) is 1.94. The van der Waals surface area contributed by atoms with Crippen LogP contribution in [0.1, 0.15) is 5.56 Å². The minimum atomic E-state index is -2.36. The van der Waals surface area contributed by atoms with E-state index >= 15 is 0 Å². The maximum Gasteiger partial charge on any atom is 0.255 e. The summed E-state index contributed by atoms with van der Waals surface area (Å²) in [6, 6.07) is 1.69. The largest absolute Gasteiger partial charge is 0.397 e. The predicted molar refractivity (Wildman–Crippen MR) is 52.7 cm³/mol. The molecule has 0 aromatic carbocycles. The van der Waals surface area contributed by atoms with E-state index in [1.807, 2.05) is 6.92 Å². The van der Waals surface area contributed by atoms with Gasteiger partial charge in [-0.2, -0.15) is 0 Å². The molecule has 0 unspecified atom stereocenters. The molecule has 2 N–H and O–H groups in total. The van der Waals surface area contributed by atoms with E-state index in [1.165, 1.54) is 11.1 Å². The van der Waals surface area contributed by atoms with Crippen LogP contribution in [0.2, 0.25) is 0 Å². The molecule has 0 saturated carbocycles. The first-order valence-corrected chi connectivity index (χ1v) is 4.22. The molecule has 1 aromatic heterocycles. The predicted octanol–water partition coefficient (Wildman–Crippen LogP) is 1.67. The summed E-state index contributed by atoms with van der Waals surface area (Å²) in [5.41, 5.74) is 6.97. The molecule has 0 saturated heterocycles. The van der Waals surface area contributed by atoms with Gasteiger partial charge in [0, 0.05) is 7.05 Å². The maximum absolute atomic E-state index is 12.1. The minimum Gasteiger partial charge on any atom is -0.397 e. The zero-order chi connectivity index (χ0) is 10.7. The van der Waals surface area contributed by atoms with E-state index in [0.29, 0.717) is 11.5 Å². The quantitative estimate of drug-likeness (QED) is 0.808. The Morgan fingerprint density at radius 3 is 2.71 bits per heavy atom. The van der Waals surface area contributed by atoms with Gasteiger partial charge in [0.15, 0.2) is 0 Å². The van der Waals surface area contributed by atoms with Gasteiger partial charge < -0.3 is 10.6 Å². The van der Waals surface area contributed by atoms with E-state index in [9.17, 15) is 8.78 Å². The lowest BCUT2D eigenvalue weighted by Crippen LogP contribution is -2.24. The van der Waals surface area contributed by atoms with Crippen LogP contribution < -0.4 is 10.6 Å². The number of nitrogen functional groups attached to an aromatic ring is 1. The van der Waals surface area contributed by atoms with Crippen molar-refractivity contribution in [2.24, 2.45) is 0 Å². The number of aryl methyl sites for hydroxylation is 1. The SMILES string of the molecule is Cc1cc(N(C)CC(F)F)ncc1N. The van der Waals surface area contributed by atoms with Gasteiger partial charge in [0.1, 0.15) is 5.82 Å². The lowest BCUT2D eigenvalue weighted by atomic mass is 10.2. The molecule has 0 spiro atoms. The first-order valence-electron chi connectivity index (χ1n) is 4.22.